The highest BCUT2D eigenvalue weighted by Gasteiger charge is 2.51. The van der Waals surface area contributed by atoms with Crippen molar-refractivity contribution in [2.75, 3.05) is 13.7 Å². The molecule has 2 aromatic heterocycles. The summed E-state index contributed by atoms with van der Waals surface area (Å²) in [6.45, 7) is -0.310. The fraction of sp³-hybridized carbons (Fsp3) is 0.455. The van der Waals surface area contributed by atoms with E-state index in [4.69, 9.17) is 4.74 Å². The van der Waals surface area contributed by atoms with Crippen LogP contribution in [0.2, 0.25) is 0 Å². The summed E-state index contributed by atoms with van der Waals surface area (Å²) in [6.07, 6.45) is 6.28. The summed E-state index contributed by atoms with van der Waals surface area (Å²) < 4.78 is 5.38. The van der Waals surface area contributed by atoms with Crippen LogP contribution in [-0.2, 0) is 16.0 Å². The van der Waals surface area contributed by atoms with Gasteiger partial charge in [0.05, 0.1) is 13.2 Å². The lowest BCUT2D eigenvalue weighted by Gasteiger charge is -2.30. The molecule has 0 radical (unpaired) electrons. The van der Waals surface area contributed by atoms with Gasteiger partial charge < -0.3 is 15.4 Å². The first-order valence-electron chi connectivity index (χ1n) is 10.5. The van der Waals surface area contributed by atoms with Gasteiger partial charge in [0.15, 0.2) is 0 Å². The lowest BCUT2D eigenvalue weighted by Crippen LogP contribution is -2.49. The number of carbonyl (C=O) groups excluding carboxylic acids is 3. The largest absolute Gasteiger partial charge is 0.481 e. The maximum Gasteiger partial charge on any atom is 0.325 e. The van der Waals surface area contributed by atoms with E-state index in [-0.39, 0.29) is 12.5 Å². The minimum atomic E-state index is -0.835. The summed E-state index contributed by atoms with van der Waals surface area (Å²) in [5, 5.41) is 9.82. The quantitative estimate of drug-likeness (QED) is 0.642. The summed E-state index contributed by atoms with van der Waals surface area (Å²) in [6, 6.07) is 4.74. The Morgan fingerprint density at radius 1 is 1.32 bits per heavy atom. The third kappa shape index (κ3) is 4.41. The Bertz CT molecular complexity index is 956. The first kappa shape index (κ1) is 21.3. The minimum Gasteiger partial charge on any atom is -0.481 e. The predicted octanol–water partition coefficient (Wildman–Crippen LogP) is 2.81. The van der Waals surface area contributed by atoms with Crippen molar-refractivity contribution in [3.05, 3.63) is 46.3 Å². The van der Waals surface area contributed by atoms with Crippen LogP contribution in [0.3, 0.4) is 0 Å². The second-order valence-corrected chi connectivity index (χ2v) is 8.80. The van der Waals surface area contributed by atoms with E-state index in [2.05, 4.69) is 15.6 Å². The Kier molecular flexibility index (Phi) is 6.22. The first-order valence-corrected chi connectivity index (χ1v) is 11.4. The van der Waals surface area contributed by atoms with Crippen LogP contribution in [0.5, 0.6) is 5.88 Å². The molecule has 1 atom stereocenters. The molecule has 2 aromatic rings. The van der Waals surface area contributed by atoms with Crippen molar-refractivity contribution in [3.63, 3.8) is 0 Å². The molecule has 2 N–H and O–H groups in total. The Morgan fingerprint density at radius 3 is 2.84 bits per heavy atom. The van der Waals surface area contributed by atoms with Crippen molar-refractivity contribution in [2.45, 2.75) is 50.1 Å². The van der Waals surface area contributed by atoms with E-state index in [1.54, 1.807) is 23.6 Å². The number of amides is 4. The van der Waals surface area contributed by atoms with Crippen molar-refractivity contribution < 1.29 is 19.1 Å². The summed E-state index contributed by atoms with van der Waals surface area (Å²) in [5.41, 5.74) is 0.973. The number of ether oxygens (including phenoxy) is 1. The molecule has 1 aliphatic carbocycles. The topological polar surface area (TPSA) is 101 Å². The number of rotatable bonds is 7. The average Bonchev–Trinajstić information content (AvgIpc) is 3.36. The molecule has 0 aromatic carbocycles. The zero-order valence-electron chi connectivity index (χ0n) is 17.4. The molecule has 2 fully saturated rings. The molecule has 31 heavy (non-hydrogen) atoms. The van der Waals surface area contributed by atoms with E-state index in [0.717, 1.165) is 35.3 Å². The fourth-order valence-corrected chi connectivity index (χ4v) is 5.10. The third-order valence-electron chi connectivity index (χ3n) is 5.98. The van der Waals surface area contributed by atoms with Gasteiger partial charge in [-0.1, -0.05) is 25.3 Å². The van der Waals surface area contributed by atoms with Gasteiger partial charge in [-0.3, -0.25) is 14.5 Å². The number of pyridine rings is 1. The molecule has 2 aliphatic rings. The summed E-state index contributed by atoms with van der Waals surface area (Å²) in [5.74, 6) is -0.262. The van der Waals surface area contributed by atoms with Crippen molar-refractivity contribution in [3.8, 4) is 5.88 Å². The molecule has 0 bridgehead atoms. The van der Waals surface area contributed by atoms with Gasteiger partial charge in [0.25, 0.3) is 5.91 Å². The van der Waals surface area contributed by atoms with Gasteiger partial charge in [-0.15, -0.1) is 0 Å². The lowest BCUT2D eigenvalue weighted by molar-refractivity contribution is -0.136. The molecule has 164 valence electrons. The molecular weight excluding hydrogens is 416 g/mol. The number of thiophene rings is 1. The number of nitrogens with one attached hydrogen (secondary N) is 2. The van der Waals surface area contributed by atoms with E-state index >= 15 is 0 Å². The molecule has 1 aliphatic heterocycles. The zero-order valence-corrected chi connectivity index (χ0v) is 18.2. The maximum absolute atomic E-state index is 13.0. The Morgan fingerprint density at radius 2 is 2.13 bits per heavy atom. The van der Waals surface area contributed by atoms with Crippen LogP contribution in [0.4, 0.5) is 4.79 Å². The average molecular weight is 443 g/mol. The van der Waals surface area contributed by atoms with Crippen molar-refractivity contribution in [1.82, 2.24) is 20.5 Å². The summed E-state index contributed by atoms with van der Waals surface area (Å²) >= 11 is 1.58. The molecule has 4 rings (SSSR count). The smallest absolute Gasteiger partial charge is 0.325 e. The number of methoxy groups -OCH3 is 1. The molecule has 1 saturated heterocycles. The monoisotopic (exact) mass is 442 g/mol. The molecule has 1 spiro atoms. The zero-order chi connectivity index (χ0) is 21.8. The SMILES string of the molecule is COc1ncccc1[C@@H](Cc1ccsc1)NC(=O)CN1C(=O)NC2(CCCCC2)C1=O. The van der Waals surface area contributed by atoms with Crippen molar-refractivity contribution in [1.29, 1.82) is 0 Å². The number of urea groups is 1. The molecule has 4 amide bonds. The van der Waals surface area contributed by atoms with Crippen LogP contribution in [0.15, 0.2) is 35.2 Å². The highest BCUT2D eigenvalue weighted by atomic mass is 32.1. The van der Waals surface area contributed by atoms with Gasteiger partial charge in [0.1, 0.15) is 12.1 Å². The third-order valence-corrected chi connectivity index (χ3v) is 6.71. The number of nitrogens with zero attached hydrogens (tertiary/aromatic N) is 2. The van der Waals surface area contributed by atoms with E-state index in [0.29, 0.717) is 25.1 Å². The van der Waals surface area contributed by atoms with Crippen LogP contribution >= 0.6 is 11.3 Å². The molecule has 3 heterocycles. The van der Waals surface area contributed by atoms with Crippen LogP contribution in [0, 0.1) is 0 Å². The van der Waals surface area contributed by atoms with E-state index in [1.807, 2.05) is 22.9 Å². The van der Waals surface area contributed by atoms with Gasteiger partial charge in [0.2, 0.25) is 11.8 Å². The summed E-state index contributed by atoms with van der Waals surface area (Å²) in [7, 11) is 1.53. The normalized spacial score (nSPS) is 18.7. The fourth-order valence-electron chi connectivity index (χ4n) is 4.42. The van der Waals surface area contributed by atoms with E-state index < -0.39 is 23.5 Å². The van der Waals surface area contributed by atoms with Gasteiger partial charge in [-0.2, -0.15) is 11.3 Å². The molecule has 9 heteroatoms. The number of aromatic nitrogens is 1. The second-order valence-electron chi connectivity index (χ2n) is 8.02. The molecule has 0 unspecified atom stereocenters. The maximum atomic E-state index is 13.0. The lowest BCUT2D eigenvalue weighted by atomic mass is 9.82. The number of carbonyl (C=O) groups is 3. The van der Waals surface area contributed by atoms with Crippen molar-refractivity contribution >= 4 is 29.2 Å². The molecule has 1 saturated carbocycles. The van der Waals surface area contributed by atoms with E-state index in [9.17, 15) is 14.4 Å². The van der Waals surface area contributed by atoms with E-state index in [1.165, 1.54) is 7.11 Å². The number of hydrogen-bond acceptors (Lipinski definition) is 6. The minimum absolute atomic E-state index is 0.291. The van der Waals surface area contributed by atoms with Crippen molar-refractivity contribution in [2.24, 2.45) is 0 Å². The van der Waals surface area contributed by atoms with Crippen LogP contribution < -0.4 is 15.4 Å². The van der Waals surface area contributed by atoms with Crippen LogP contribution in [0.25, 0.3) is 0 Å². The molecular formula is C22H26N4O4S. The highest BCUT2D eigenvalue weighted by molar-refractivity contribution is 7.07. The summed E-state index contributed by atoms with van der Waals surface area (Å²) in [4.78, 5) is 43.7. The van der Waals surface area contributed by atoms with Crippen LogP contribution in [0.1, 0.15) is 49.3 Å². The first-order chi connectivity index (χ1) is 15.0. The highest BCUT2D eigenvalue weighted by Crippen LogP contribution is 2.33. The standard InChI is InChI=1S/C22H26N4O4S/c1-30-19-16(6-5-10-23-19)17(12-15-7-11-31-14-15)24-18(27)13-26-20(28)22(25-21(26)29)8-3-2-4-9-22/h5-7,10-11,14,17H,2-4,8-9,12-13H2,1H3,(H,24,27)(H,25,29)/t17-/m1/s1. The van der Waals surface area contributed by atoms with Gasteiger partial charge in [-0.25, -0.2) is 9.78 Å². The Hall–Kier alpha value is -2.94. The van der Waals surface area contributed by atoms with Gasteiger partial charge in [-0.05, 0) is 47.7 Å². The molecule has 8 nitrogen and oxygen atoms in total. The number of hydrogen-bond donors (Lipinski definition) is 2. The number of imide groups is 1. The predicted molar refractivity (Wildman–Crippen MR) is 116 cm³/mol. The van der Waals surface area contributed by atoms with Crippen LogP contribution in [-0.4, -0.2) is 46.9 Å². The van der Waals surface area contributed by atoms with Gasteiger partial charge >= 0.3 is 6.03 Å². The Balaban J connectivity index is 1.50. The Labute approximate surface area is 185 Å². The second kappa shape index (κ2) is 9.05. The van der Waals surface area contributed by atoms with Gasteiger partial charge in [0, 0.05) is 11.8 Å².